The molecule has 2 N–H and O–H groups in total. The van der Waals surface area contributed by atoms with Crippen LogP contribution < -0.4 is 10.6 Å². The number of ether oxygens (including phenoxy) is 2. The van der Waals surface area contributed by atoms with Crippen LogP contribution in [0.25, 0.3) is 0 Å². The highest BCUT2D eigenvalue weighted by Gasteiger charge is 2.41. The standard InChI is InChI=1S/C18H34N2O3/c1-17(2,3)15-14(6-5-11-23-15)12-20-16(21)18(13-22-4)7-9-19-10-8-18/h14-15,19H,5-13H2,1-4H3,(H,20,21). The van der Waals surface area contributed by atoms with E-state index in [4.69, 9.17) is 9.47 Å². The fourth-order valence-corrected chi connectivity index (χ4v) is 4.04. The third-order valence-corrected chi connectivity index (χ3v) is 5.29. The fraction of sp³-hybridized carbons (Fsp3) is 0.944. The minimum Gasteiger partial charge on any atom is -0.384 e. The maximum Gasteiger partial charge on any atom is 0.228 e. The molecule has 2 fully saturated rings. The van der Waals surface area contributed by atoms with Crippen molar-refractivity contribution in [1.82, 2.24) is 10.6 Å². The van der Waals surface area contributed by atoms with Crippen LogP contribution in [0.5, 0.6) is 0 Å². The van der Waals surface area contributed by atoms with Gasteiger partial charge in [0.05, 0.1) is 18.1 Å². The van der Waals surface area contributed by atoms with E-state index in [1.807, 2.05) is 0 Å². The fourth-order valence-electron chi connectivity index (χ4n) is 4.04. The largest absolute Gasteiger partial charge is 0.384 e. The maximum absolute atomic E-state index is 12.8. The highest BCUT2D eigenvalue weighted by Crippen LogP contribution is 2.34. The van der Waals surface area contributed by atoms with Gasteiger partial charge in [-0.1, -0.05) is 20.8 Å². The van der Waals surface area contributed by atoms with Gasteiger partial charge in [0.2, 0.25) is 5.91 Å². The molecule has 0 aromatic rings. The van der Waals surface area contributed by atoms with Crippen molar-refractivity contribution in [3.05, 3.63) is 0 Å². The van der Waals surface area contributed by atoms with Gasteiger partial charge in [0.25, 0.3) is 0 Å². The molecule has 0 aliphatic carbocycles. The lowest BCUT2D eigenvalue weighted by Crippen LogP contribution is -2.52. The molecule has 134 valence electrons. The van der Waals surface area contributed by atoms with E-state index in [1.54, 1.807) is 7.11 Å². The Kier molecular flexibility index (Phi) is 6.46. The molecule has 2 saturated heterocycles. The van der Waals surface area contributed by atoms with Crippen LogP contribution in [0.3, 0.4) is 0 Å². The first kappa shape index (κ1) is 18.7. The van der Waals surface area contributed by atoms with E-state index in [-0.39, 0.29) is 22.8 Å². The molecule has 5 heteroatoms. The lowest BCUT2D eigenvalue weighted by atomic mass is 9.76. The lowest BCUT2D eigenvalue weighted by Gasteiger charge is -2.41. The summed E-state index contributed by atoms with van der Waals surface area (Å²) >= 11 is 0. The zero-order valence-corrected chi connectivity index (χ0v) is 15.2. The van der Waals surface area contributed by atoms with Crippen molar-refractivity contribution in [2.75, 3.05) is 40.0 Å². The molecule has 0 bridgehead atoms. The van der Waals surface area contributed by atoms with Gasteiger partial charge in [0, 0.05) is 26.2 Å². The number of carbonyl (C=O) groups excluding carboxylic acids is 1. The number of hydrogen-bond acceptors (Lipinski definition) is 4. The van der Waals surface area contributed by atoms with Crippen LogP contribution in [0.15, 0.2) is 0 Å². The monoisotopic (exact) mass is 326 g/mol. The van der Waals surface area contributed by atoms with Crippen LogP contribution in [0.1, 0.15) is 46.5 Å². The number of carbonyl (C=O) groups is 1. The van der Waals surface area contributed by atoms with Gasteiger partial charge >= 0.3 is 0 Å². The van der Waals surface area contributed by atoms with Crippen molar-refractivity contribution < 1.29 is 14.3 Å². The third kappa shape index (κ3) is 4.68. The van der Waals surface area contributed by atoms with E-state index in [1.165, 1.54) is 0 Å². The first-order valence-corrected chi connectivity index (χ1v) is 8.99. The highest BCUT2D eigenvalue weighted by atomic mass is 16.5. The summed E-state index contributed by atoms with van der Waals surface area (Å²) in [6.07, 6.45) is 4.11. The van der Waals surface area contributed by atoms with Crippen molar-refractivity contribution in [3.63, 3.8) is 0 Å². The summed E-state index contributed by atoms with van der Waals surface area (Å²) in [4.78, 5) is 12.8. The molecule has 2 aliphatic rings. The smallest absolute Gasteiger partial charge is 0.228 e. The summed E-state index contributed by atoms with van der Waals surface area (Å²) < 4.78 is 11.4. The van der Waals surface area contributed by atoms with Crippen molar-refractivity contribution in [2.45, 2.75) is 52.6 Å². The Labute approximate surface area is 140 Å². The molecule has 0 saturated carbocycles. The summed E-state index contributed by atoms with van der Waals surface area (Å²) in [5, 5.41) is 6.55. The predicted molar refractivity (Wildman–Crippen MR) is 91.3 cm³/mol. The average molecular weight is 326 g/mol. The number of hydrogen-bond donors (Lipinski definition) is 2. The molecule has 2 unspecified atom stereocenters. The molecular weight excluding hydrogens is 292 g/mol. The van der Waals surface area contributed by atoms with Gasteiger partial charge < -0.3 is 20.1 Å². The van der Waals surface area contributed by atoms with Crippen LogP contribution in [-0.4, -0.2) is 52.0 Å². The first-order valence-electron chi connectivity index (χ1n) is 8.99. The molecule has 2 rings (SSSR count). The summed E-state index contributed by atoms with van der Waals surface area (Å²) in [5.74, 6) is 0.549. The Morgan fingerprint density at radius 1 is 1.35 bits per heavy atom. The van der Waals surface area contributed by atoms with Crippen LogP contribution in [-0.2, 0) is 14.3 Å². The van der Waals surface area contributed by atoms with E-state index < -0.39 is 0 Å². The Hall–Kier alpha value is -0.650. The summed E-state index contributed by atoms with van der Waals surface area (Å²) in [6, 6.07) is 0. The average Bonchev–Trinajstić information content (AvgIpc) is 2.53. The van der Waals surface area contributed by atoms with Crippen molar-refractivity contribution in [3.8, 4) is 0 Å². The minimum absolute atomic E-state index is 0.106. The third-order valence-electron chi connectivity index (χ3n) is 5.29. The zero-order chi connectivity index (χ0) is 16.9. The molecule has 2 atom stereocenters. The molecule has 0 aromatic heterocycles. The summed E-state index contributed by atoms with van der Waals surface area (Å²) in [6.45, 7) is 10.5. The maximum atomic E-state index is 12.8. The second kappa shape index (κ2) is 7.95. The van der Waals surface area contributed by atoms with Crippen molar-refractivity contribution >= 4 is 5.91 Å². The zero-order valence-electron chi connectivity index (χ0n) is 15.2. The predicted octanol–water partition coefficient (Wildman–Crippen LogP) is 1.96. The molecule has 0 aromatic carbocycles. The number of amides is 1. The molecular formula is C18H34N2O3. The second-order valence-corrected chi connectivity index (χ2v) is 8.23. The highest BCUT2D eigenvalue weighted by molar-refractivity contribution is 5.83. The second-order valence-electron chi connectivity index (χ2n) is 8.23. The molecule has 0 radical (unpaired) electrons. The van der Waals surface area contributed by atoms with Gasteiger partial charge in [-0.25, -0.2) is 0 Å². The molecule has 1 amide bonds. The Morgan fingerprint density at radius 2 is 2.04 bits per heavy atom. The molecule has 23 heavy (non-hydrogen) atoms. The first-order chi connectivity index (χ1) is 10.9. The molecule has 5 nitrogen and oxygen atoms in total. The van der Waals surface area contributed by atoms with Crippen LogP contribution in [0.2, 0.25) is 0 Å². The van der Waals surface area contributed by atoms with Crippen LogP contribution in [0.4, 0.5) is 0 Å². The van der Waals surface area contributed by atoms with Crippen molar-refractivity contribution in [2.24, 2.45) is 16.7 Å². The van der Waals surface area contributed by atoms with E-state index >= 15 is 0 Å². The number of rotatable bonds is 5. The molecule has 0 spiro atoms. The van der Waals surface area contributed by atoms with E-state index in [2.05, 4.69) is 31.4 Å². The van der Waals surface area contributed by atoms with E-state index in [0.29, 0.717) is 19.1 Å². The summed E-state index contributed by atoms with van der Waals surface area (Å²) in [7, 11) is 1.68. The Morgan fingerprint density at radius 3 is 2.65 bits per heavy atom. The van der Waals surface area contributed by atoms with Gasteiger partial charge in [-0.05, 0) is 44.2 Å². The van der Waals surface area contributed by atoms with Gasteiger partial charge in [-0.15, -0.1) is 0 Å². The van der Waals surface area contributed by atoms with Gasteiger partial charge in [0.15, 0.2) is 0 Å². The summed E-state index contributed by atoms with van der Waals surface area (Å²) in [5.41, 5.74) is -0.262. The Bertz CT molecular complexity index is 381. The molecule has 2 heterocycles. The minimum atomic E-state index is -0.368. The number of piperidine rings is 1. The lowest BCUT2D eigenvalue weighted by molar-refractivity contribution is -0.137. The van der Waals surface area contributed by atoms with E-state index in [0.717, 1.165) is 45.4 Å². The van der Waals surface area contributed by atoms with Gasteiger partial charge in [-0.2, -0.15) is 0 Å². The van der Waals surface area contributed by atoms with Crippen LogP contribution >= 0.6 is 0 Å². The van der Waals surface area contributed by atoms with Crippen molar-refractivity contribution in [1.29, 1.82) is 0 Å². The molecule has 2 aliphatic heterocycles. The Balaban J connectivity index is 1.96. The number of nitrogens with one attached hydrogen (secondary N) is 2. The van der Waals surface area contributed by atoms with Gasteiger partial charge in [-0.3, -0.25) is 4.79 Å². The topological polar surface area (TPSA) is 59.6 Å². The quantitative estimate of drug-likeness (QED) is 0.811. The van der Waals surface area contributed by atoms with Crippen LogP contribution in [0, 0.1) is 16.7 Å². The van der Waals surface area contributed by atoms with E-state index in [9.17, 15) is 4.79 Å². The number of methoxy groups -OCH3 is 1. The van der Waals surface area contributed by atoms with Gasteiger partial charge in [0.1, 0.15) is 0 Å². The SMILES string of the molecule is COCC1(C(=O)NCC2CCCOC2C(C)(C)C)CCNCC1. The normalized spacial score (nSPS) is 28.3.